The molecule has 0 saturated heterocycles. The normalized spacial score (nSPS) is 22.6. The molecule has 2 aromatic rings. The predicted molar refractivity (Wildman–Crippen MR) is 84.2 cm³/mol. The summed E-state index contributed by atoms with van der Waals surface area (Å²) in [6, 6.07) is 17.5. The molecule has 0 saturated carbocycles. The molecular formula is C17H19NS. The summed E-state index contributed by atoms with van der Waals surface area (Å²) in [7, 11) is 0. The maximum absolute atomic E-state index is 6.37. The van der Waals surface area contributed by atoms with Crippen molar-refractivity contribution in [2.75, 3.05) is 0 Å². The van der Waals surface area contributed by atoms with Gasteiger partial charge in [0.2, 0.25) is 0 Å². The number of nitrogens with two attached hydrogens (primary N) is 1. The van der Waals surface area contributed by atoms with E-state index in [1.807, 2.05) is 11.8 Å². The van der Waals surface area contributed by atoms with Crippen molar-refractivity contribution in [2.24, 2.45) is 5.73 Å². The zero-order valence-electron chi connectivity index (χ0n) is 11.2. The Labute approximate surface area is 119 Å². The van der Waals surface area contributed by atoms with Crippen LogP contribution in [0.15, 0.2) is 48.5 Å². The van der Waals surface area contributed by atoms with Gasteiger partial charge in [0.25, 0.3) is 0 Å². The van der Waals surface area contributed by atoms with E-state index in [1.165, 1.54) is 22.3 Å². The van der Waals surface area contributed by atoms with E-state index in [1.54, 1.807) is 0 Å². The minimum Gasteiger partial charge on any atom is -0.324 e. The lowest BCUT2D eigenvalue weighted by atomic mass is 9.94. The monoisotopic (exact) mass is 269 g/mol. The van der Waals surface area contributed by atoms with Crippen molar-refractivity contribution in [1.29, 1.82) is 0 Å². The van der Waals surface area contributed by atoms with Gasteiger partial charge in [0.15, 0.2) is 0 Å². The van der Waals surface area contributed by atoms with Gasteiger partial charge in [-0.3, -0.25) is 0 Å². The van der Waals surface area contributed by atoms with Crippen LogP contribution >= 0.6 is 11.8 Å². The van der Waals surface area contributed by atoms with Gasteiger partial charge in [0, 0.05) is 17.0 Å². The van der Waals surface area contributed by atoms with E-state index in [4.69, 9.17) is 5.73 Å². The van der Waals surface area contributed by atoms with Crippen molar-refractivity contribution in [2.45, 2.75) is 30.4 Å². The van der Waals surface area contributed by atoms with Gasteiger partial charge in [-0.2, -0.15) is 11.8 Å². The smallest absolute Gasteiger partial charge is 0.0308 e. The highest BCUT2D eigenvalue weighted by Gasteiger charge is 2.20. The molecule has 1 aliphatic heterocycles. The van der Waals surface area contributed by atoms with E-state index in [-0.39, 0.29) is 6.04 Å². The number of rotatable bonds is 1. The first-order valence-electron chi connectivity index (χ1n) is 6.79. The van der Waals surface area contributed by atoms with E-state index in [0.29, 0.717) is 5.25 Å². The third kappa shape index (κ3) is 2.70. The molecule has 0 aromatic heterocycles. The molecule has 2 aromatic carbocycles. The standard InChI is InChI=1S/C17H19NS/c1-12-9-17(18)16-10-14(7-8-15(16)11-19-12)13-5-3-2-4-6-13/h2-8,10,12,17H,9,11,18H2,1H3. The molecule has 3 rings (SSSR count). The number of hydrogen-bond donors (Lipinski definition) is 1. The summed E-state index contributed by atoms with van der Waals surface area (Å²) in [6.45, 7) is 2.27. The lowest BCUT2D eigenvalue weighted by Crippen LogP contribution is -2.14. The van der Waals surface area contributed by atoms with Gasteiger partial charge < -0.3 is 5.73 Å². The second kappa shape index (κ2) is 5.40. The molecule has 1 heterocycles. The summed E-state index contributed by atoms with van der Waals surface area (Å²) in [4.78, 5) is 0. The van der Waals surface area contributed by atoms with Crippen LogP contribution in [-0.2, 0) is 5.75 Å². The minimum absolute atomic E-state index is 0.170. The first-order valence-corrected chi connectivity index (χ1v) is 7.84. The van der Waals surface area contributed by atoms with Gasteiger partial charge in [0.05, 0.1) is 0 Å². The lowest BCUT2D eigenvalue weighted by molar-refractivity contribution is 0.651. The molecule has 0 fully saturated rings. The maximum Gasteiger partial charge on any atom is 0.0308 e. The summed E-state index contributed by atoms with van der Waals surface area (Å²) in [5, 5.41) is 0.641. The summed E-state index contributed by atoms with van der Waals surface area (Å²) in [5.41, 5.74) is 11.6. The molecular weight excluding hydrogens is 250 g/mol. The largest absolute Gasteiger partial charge is 0.324 e. The zero-order chi connectivity index (χ0) is 13.2. The van der Waals surface area contributed by atoms with E-state index in [2.05, 4.69) is 55.5 Å². The molecule has 0 radical (unpaired) electrons. The van der Waals surface area contributed by atoms with Crippen LogP contribution in [0.3, 0.4) is 0 Å². The Morgan fingerprint density at radius 1 is 1.05 bits per heavy atom. The van der Waals surface area contributed by atoms with Gasteiger partial charge in [-0.1, -0.05) is 49.4 Å². The van der Waals surface area contributed by atoms with Crippen LogP contribution in [0.4, 0.5) is 0 Å². The first-order chi connectivity index (χ1) is 9.24. The molecule has 2 heteroatoms. The molecule has 2 N–H and O–H groups in total. The van der Waals surface area contributed by atoms with Crippen molar-refractivity contribution in [3.63, 3.8) is 0 Å². The van der Waals surface area contributed by atoms with E-state index >= 15 is 0 Å². The SMILES string of the molecule is CC1CC(N)c2cc(-c3ccccc3)ccc2CS1. The fourth-order valence-corrected chi connectivity index (χ4v) is 3.74. The highest BCUT2D eigenvalue weighted by atomic mass is 32.2. The van der Waals surface area contributed by atoms with Gasteiger partial charge in [0.1, 0.15) is 0 Å². The van der Waals surface area contributed by atoms with Crippen LogP contribution < -0.4 is 5.73 Å². The second-order valence-corrected chi connectivity index (χ2v) is 6.67. The molecule has 19 heavy (non-hydrogen) atoms. The number of thioether (sulfide) groups is 1. The maximum atomic E-state index is 6.37. The fourth-order valence-electron chi connectivity index (χ4n) is 2.67. The average Bonchev–Trinajstić information content (AvgIpc) is 2.59. The number of fused-ring (bicyclic) bond motifs is 1. The molecule has 98 valence electrons. The third-order valence-corrected chi connectivity index (χ3v) is 5.00. The Balaban J connectivity index is 2.02. The van der Waals surface area contributed by atoms with Crippen LogP contribution in [0.2, 0.25) is 0 Å². The Morgan fingerprint density at radius 3 is 2.63 bits per heavy atom. The molecule has 0 spiro atoms. The van der Waals surface area contributed by atoms with Crippen molar-refractivity contribution in [3.8, 4) is 11.1 Å². The summed E-state index contributed by atoms with van der Waals surface area (Å²) < 4.78 is 0. The molecule has 2 unspecified atom stereocenters. The van der Waals surface area contributed by atoms with E-state index in [9.17, 15) is 0 Å². The van der Waals surface area contributed by atoms with Gasteiger partial charge >= 0.3 is 0 Å². The van der Waals surface area contributed by atoms with Crippen LogP contribution in [0.1, 0.15) is 30.5 Å². The summed E-state index contributed by atoms with van der Waals surface area (Å²) >= 11 is 2.01. The average molecular weight is 269 g/mol. The Kier molecular flexibility index (Phi) is 3.63. The molecule has 0 bridgehead atoms. The zero-order valence-corrected chi connectivity index (χ0v) is 12.0. The topological polar surface area (TPSA) is 26.0 Å². The highest BCUT2D eigenvalue weighted by Crippen LogP contribution is 2.35. The minimum atomic E-state index is 0.170. The third-order valence-electron chi connectivity index (χ3n) is 3.76. The van der Waals surface area contributed by atoms with Gasteiger partial charge in [-0.05, 0) is 34.7 Å². The van der Waals surface area contributed by atoms with E-state index in [0.717, 1.165) is 12.2 Å². The lowest BCUT2D eigenvalue weighted by Gasteiger charge is -2.15. The van der Waals surface area contributed by atoms with Crippen LogP contribution in [0.5, 0.6) is 0 Å². The van der Waals surface area contributed by atoms with Crippen molar-refractivity contribution < 1.29 is 0 Å². The van der Waals surface area contributed by atoms with Gasteiger partial charge in [-0.15, -0.1) is 0 Å². The molecule has 0 aliphatic carbocycles. The summed E-state index contributed by atoms with van der Waals surface area (Å²) in [6.07, 6.45) is 1.07. The first kappa shape index (κ1) is 12.8. The van der Waals surface area contributed by atoms with Crippen molar-refractivity contribution in [1.82, 2.24) is 0 Å². The van der Waals surface area contributed by atoms with Gasteiger partial charge in [-0.25, -0.2) is 0 Å². The van der Waals surface area contributed by atoms with Crippen LogP contribution in [0.25, 0.3) is 11.1 Å². The van der Waals surface area contributed by atoms with E-state index < -0.39 is 0 Å². The highest BCUT2D eigenvalue weighted by molar-refractivity contribution is 7.99. The molecule has 0 amide bonds. The van der Waals surface area contributed by atoms with Crippen molar-refractivity contribution >= 4 is 11.8 Å². The van der Waals surface area contributed by atoms with Crippen LogP contribution in [-0.4, -0.2) is 5.25 Å². The predicted octanol–water partition coefficient (Wildman–Crippen LogP) is 4.38. The molecule has 1 nitrogen and oxygen atoms in total. The Hall–Kier alpha value is -1.25. The second-order valence-electron chi connectivity index (χ2n) is 5.24. The number of benzene rings is 2. The van der Waals surface area contributed by atoms with Crippen LogP contribution in [0, 0.1) is 0 Å². The molecule has 1 aliphatic rings. The molecule has 2 atom stereocenters. The fraction of sp³-hybridized carbons (Fsp3) is 0.294. The Bertz CT molecular complexity index is 565. The van der Waals surface area contributed by atoms with Crippen molar-refractivity contribution in [3.05, 3.63) is 59.7 Å². The summed E-state index contributed by atoms with van der Waals surface area (Å²) in [5.74, 6) is 1.08. The quantitative estimate of drug-likeness (QED) is 0.831. The Morgan fingerprint density at radius 2 is 1.84 bits per heavy atom. The number of hydrogen-bond acceptors (Lipinski definition) is 2.